The van der Waals surface area contributed by atoms with Gasteiger partial charge in [0, 0.05) is 17.1 Å². The fourth-order valence-corrected chi connectivity index (χ4v) is 3.15. The van der Waals surface area contributed by atoms with Gasteiger partial charge in [-0.25, -0.2) is 0 Å². The Labute approximate surface area is 141 Å². The summed E-state index contributed by atoms with van der Waals surface area (Å²) in [6, 6.07) is 26.9. The van der Waals surface area contributed by atoms with Crippen molar-refractivity contribution in [3.05, 3.63) is 85.1 Å². The third-order valence-corrected chi connectivity index (χ3v) is 4.25. The molecule has 116 valence electrons. The molecule has 24 heavy (non-hydrogen) atoms. The molecule has 0 unspecified atom stereocenters. The van der Waals surface area contributed by atoms with Gasteiger partial charge in [0.25, 0.3) is 0 Å². The molecule has 0 saturated carbocycles. The van der Waals surface area contributed by atoms with Crippen molar-refractivity contribution in [3.63, 3.8) is 0 Å². The molecule has 0 aliphatic heterocycles. The molecule has 0 aliphatic carbocycles. The lowest BCUT2D eigenvalue weighted by Gasteiger charge is -2.15. The largest absolute Gasteiger partial charge is 0.496 e. The van der Waals surface area contributed by atoms with Crippen molar-refractivity contribution in [1.82, 2.24) is 4.98 Å². The number of fused-ring (bicyclic) bond motifs is 1. The van der Waals surface area contributed by atoms with Crippen molar-refractivity contribution in [3.8, 4) is 28.0 Å². The van der Waals surface area contributed by atoms with Crippen LogP contribution < -0.4 is 4.74 Å². The van der Waals surface area contributed by atoms with Gasteiger partial charge in [-0.3, -0.25) is 4.98 Å². The van der Waals surface area contributed by atoms with Crippen LogP contribution in [0.3, 0.4) is 0 Å². The summed E-state index contributed by atoms with van der Waals surface area (Å²) in [6.07, 6.45) is 1.82. The van der Waals surface area contributed by atoms with Crippen molar-refractivity contribution >= 4 is 10.9 Å². The average Bonchev–Trinajstić information content (AvgIpc) is 2.68. The summed E-state index contributed by atoms with van der Waals surface area (Å²) < 4.78 is 5.67. The van der Waals surface area contributed by atoms with Gasteiger partial charge in [-0.2, -0.15) is 0 Å². The van der Waals surface area contributed by atoms with E-state index in [1.54, 1.807) is 7.11 Å². The Kier molecular flexibility index (Phi) is 3.72. The highest BCUT2D eigenvalue weighted by Crippen LogP contribution is 2.41. The highest BCUT2D eigenvalue weighted by molar-refractivity contribution is 6.01. The Balaban J connectivity index is 2.06. The van der Waals surface area contributed by atoms with Crippen LogP contribution in [0.15, 0.2) is 85.1 Å². The van der Waals surface area contributed by atoms with Crippen LogP contribution in [0, 0.1) is 0 Å². The van der Waals surface area contributed by atoms with Crippen LogP contribution in [-0.4, -0.2) is 12.1 Å². The van der Waals surface area contributed by atoms with Crippen LogP contribution >= 0.6 is 0 Å². The van der Waals surface area contributed by atoms with E-state index in [1.165, 1.54) is 11.1 Å². The molecule has 2 heteroatoms. The number of benzene rings is 3. The minimum absolute atomic E-state index is 0.860. The smallest absolute Gasteiger partial charge is 0.127 e. The average molecular weight is 311 g/mol. The third kappa shape index (κ3) is 2.42. The molecule has 1 aromatic heterocycles. The van der Waals surface area contributed by atoms with Gasteiger partial charge in [0.1, 0.15) is 5.75 Å². The Hall–Kier alpha value is -3.13. The van der Waals surface area contributed by atoms with E-state index in [1.807, 2.05) is 30.5 Å². The summed E-state index contributed by atoms with van der Waals surface area (Å²) in [4.78, 5) is 4.49. The van der Waals surface area contributed by atoms with Gasteiger partial charge >= 0.3 is 0 Å². The van der Waals surface area contributed by atoms with E-state index in [-0.39, 0.29) is 0 Å². The van der Waals surface area contributed by atoms with Crippen molar-refractivity contribution in [2.45, 2.75) is 0 Å². The third-order valence-electron chi connectivity index (χ3n) is 4.25. The van der Waals surface area contributed by atoms with E-state index in [0.29, 0.717) is 0 Å². The number of hydrogen-bond acceptors (Lipinski definition) is 2. The molecule has 0 fully saturated rings. The molecule has 0 N–H and O–H groups in total. The molecule has 0 saturated heterocycles. The van der Waals surface area contributed by atoms with Crippen LogP contribution in [0.5, 0.6) is 5.75 Å². The predicted octanol–water partition coefficient (Wildman–Crippen LogP) is 5.58. The monoisotopic (exact) mass is 311 g/mol. The maximum Gasteiger partial charge on any atom is 0.127 e. The van der Waals surface area contributed by atoms with Gasteiger partial charge in [0.15, 0.2) is 0 Å². The van der Waals surface area contributed by atoms with Gasteiger partial charge in [-0.1, -0.05) is 60.7 Å². The lowest BCUT2D eigenvalue weighted by Crippen LogP contribution is -1.93. The summed E-state index contributed by atoms with van der Waals surface area (Å²) >= 11 is 0. The van der Waals surface area contributed by atoms with E-state index in [0.717, 1.165) is 27.8 Å². The highest BCUT2D eigenvalue weighted by atomic mass is 16.5. The fraction of sp³-hybridized carbons (Fsp3) is 0.0455. The van der Waals surface area contributed by atoms with Gasteiger partial charge in [0.05, 0.1) is 12.6 Å². The topological polar surface area (TPSA) is 22.1 Å². The van der Waals surface area contributed by atoms with Crippen LogP contribution in [-0.2, 0) is 0 Å². The van der Waals surface area contributed by atoms with Gasteiger partial charge in [-0.15, -0.1) is 0 Å². The van der Waals surface area contributed by atoms with Crippen molar-refractivity contribution in [2.75, 3.05) is 7.11 Å². The van der Waals surface area contributed by atoms with E-state index in [9.17, 15) is 0 Å². The van der Waals surface area contributed by atoms with Crippen LogP contribution in [0.1, 0.15) is 0 Å². The normalized spacial score (nSPS) is 10.7. The number of ether oxygens (including phenoxy) is 1. The second-order valence-corrected chi connectivity index (χ2v) is 5.62. The summed E-state index contributed by atoms with van der Waals surface area (Å²) in [5.74, 6) is 0.860. The molecular formula is C22H17NO. The van der Waals surface area contributed by atoms with E-state index < -0.39 is 0 Å². The zero-order valence-electron chi connectivity index (χ0n) is 13.4. The molecule has 0 amide bonds. The van der Waals surface area contributed by atoms with Gasteiger partial charge < -0.3 is 4.74 Å². The Bertz CT molecular complexity index is 993. The lowest BCUT2D eigenvalue weighted by molar-refractivity contribution is 0.417. The molecule has 0 spiro atoms. The zero-order chi connectivity index (χ0) is 16.4. The zero-order valence-corrected chi connectivity index (χ0v) is 13.4. The van der Waals surface area contributed by atoms with E-state index in [4.69, 9.17) is 4.74 Å². The Morgan fingerprint density at radius 2 is 1.46 bits per heavy atom. The summed E-state index contributed by atoms with van der Waals surface area (Å²) in [6.45, 7) is 0. The molecule has 2 nitrogen and oxygen atoms in total. The van der Waals surface area contributed by atoms with Crippen molar-refractivity contribution in [2.24, 2.45) is 0 Å². The van der Waals surface area contributed by atoms with Crippen molar-refractivity contribution < 1.29 is 4.74 Å². The fourth-order valence-electron chi connectivity index (χ4n) is 3.15. The second-order valence-electron chi connectivity index (χ2n) is 5.62. The molecular weight excluding hydrogens is 294 g/mol. The molecule has 0 atom stereocenters. The summed E-state index contributed by atoms with van der Waals surface area (Å²) in [7, 11) is 1.71. The number of aromatic nitrogens is 1. The van der Waals surface area contributed by atoms with Crippen molar-refractivity contribution in [1.29, 1.82) is 0 Å². The Morgan fingerprint density at radius 3 is 2.25 bits per heavy atom. The van der Waals surface area contributed by atoms with E-state index >= 15 is 0 Å². The molecule has 3 aromatic carbocycles. The first-order valence-electron chi connectivity index (χ1n) is 7.95. The first kappa shape index (κ1) is 14.5. The minimum Gasteiger partial charge on any atom is -0.496 e. The van der Waals surface area contributed by atoms with Gasteiger partial charge in [0.2, 0.25) is 0 Å². The first-order valence-corrected chi connectivity index (χ1v) is 7.95. The maximum atomic E-state index is 5.67. The molecule has 0 bridgehead atoms. The predicted molar refractivity (Wildman–Crippen MR) is 99.2 cm³/mol. The minimum atomic E-state index is 0.860. The van der Waals surface area contributed by atoms with Crippen LogP contribution in [0.25, 0.3) is 33.2 Å². The molecule has 0 radical (unpaired) electrons. The molecule has 0 aliphatic rings. The Morgan fingerprint density at radius 1 is 0.708 bits per heavy atom. The standard InChI is InChI=1S/C22H17NO/c1-24-21-14-13-20-19(12-7-15-23-20)22(21)18-11-6-5-10-17(18)16-8-3-2-4-9-16/h2-15H,1H3. The van der Waals surface area contributed by atoms with Crippen LogP contribution in [0.4, 0.5) is 0 Å². The van der Waals surface area contributed by atoms with Crippen LogP contribution in [0.2, 0.25) is 0 Å². The number of rotatable bonds is 3. The molecule has 1 heterocycles. The number of nitrogens with zero attached hydrogens (tertiary/aromatic N) is 1. The molecule has 4 aromatic rings. The number of methoxy groups -OCH3 is 1. The summed E-state index contributed by atoms with van der Waals surface area (Å²) in [5.41, 5.74) is 5.58. The summed E-state index contributed by atoms with van der Waals surface area (Å²) in [5, 5.41) is 1.10. The number of hydrogen-bond donors (Lipinski definition) is 0. The van der Waals surface area contributed by atoms with Gasteiger partial charge in [-0.05, 0) is 34.9 Å². The quantitative estimate of drug-likeness (QED) is 0.493. The van der Waals surface area contributed by atoms with E-state index in [2.05, 4.69) is 59.6 Å². The first-order chi connectivity index (χ1) is 11.9. The lowest BCUT2D eigenvalue weighted by atomic mass is 9.92. The maximum absolute atomic E-state index is 5.67. The SMILES string of the molecule is COc1ccc2ncccc2c1-c1ccccc1-c1ccccc1. The highest BCUT2D eigenvalue weighted by Gasteiger charge is 2.15. The molecule has 4 rings (SSSR count). The second kappa shape index (κ2) is 6.17. The number of pyridine rings is 1.